The molecule has 0 amide bonds. The van der Waals surface area contributed by atoms with Gasteiger partial charge in [0.05, 0.1) is 6.61 Å². The van der Waals surface area contributed by atoms with E-state index in [0.717, 1.165) is 31.7 Å². The minimum absolute atomic E-state index is 0.743. The van der Waals surface area contributed by atoms with Crippen molar-refractivity contribution in [1.82, 2.24) is 14.7 Å². The van der Waals surface area contributed by atoms with E-state index >= 15 is 0 Å². The molecule has 0 aromatic heterocycles. The van der Waals surface area contributed by atoms with Crippen LogP contribution in [-0.2, 0) is 11.3 Å². The second-order valence-electron chi connectivity index (χ2n) is 9.14. The minimum atomic E-state index is 0.743. The van der Waals surface area contributed by atoms with Crippen molar-refractivity contribution in [1.29, 1.82) is 0 Å². The zero-order valence-corrected chi connectivity index (χ0v) is 17.6. The summed E-state index contributed by atoms with van der Waals surface area (Å²) in [6.07, 6.45) is 8.09. The van der Waals surface area contributed by atoms with E-state index in [0.29, 0.717) is 0 Å². The van der Waals surface area contributed by atoms with Gasteiger partial charge in [-0.1, -0.05) is 36.8 Å². The van der Waals surface area contributed by atoms with Crippen molar-refractivity contribution in [3.8, 4) is 0 Å². The lowest BCUT2D eigenvalue weighted by Crippen LogP contribution is -2.56. The van der Waals surface area contributed by atoms with Crippen molar-refractivity contribution in [2.45, 2.75) is 51.1 Å². The van der Waals surface area contributed by atoms with Gasteiger partial charge in [0, 0.05) is 51.9 Å². The smallest absolute Gasteiger partial charge is 0.0506 e. The van der Waals surface area contributed by atoms with Gasteiger partial charge in [0.15, 0.2) is 0 Å². The second kappa shape index (κ2) is 10.7. The summed E-state index contributed by atoms with van der Waals surface area (Å²) in [4.78, 5) is 8.01. The number of piperidine rings is 2. The Morgan fingerprint density at radius 3 is 2.57 bits per heavy atom. The summed E-state index contributed by atoms with van der Waals surface area (Å²) >= 11 is 0. The van der Waals surface area contributed by atoms with E-state index in [1.165, 1.54) is 89.9 Å². The molecule has 3 fully saturated rings. The van der Waals surface area contributed by atoms with Crippen LogP contribution < -0.4 is 0 Å². The molecule has 0 saturated carbocycles. The Kier molecular flexibility index (Phi) is 7.79. The lowest BCUT2D eigenvalue weighted by molar-refractivity contribution is -0.00316. The Hall–Kier alpha value is -0.940. The molecule has 3 aliphatic rings. The molecular formula is C24H39N3O. The van der Waals surface area contributed by atoms with Gasteiger partial charge in [0.25, 0.3) is 0 Å². The number of benzene rings is 1. The monoisotopic (exact) mass is 385 g/mol. The number of rotatable bonds is 8. The van der Waals surface area contributed by atoms with E-state index in [2.05, 4.69) is 45.0 Å². The number of ether oxygens (including phenoxy) is 1. The summed E-state index contributed by atoms with van der Waals surface area (Å²) in [6.45, 7) is 11.8. The molecule has 4 rings (SSSR count). The Labute approximate surface area is 171 Å². The number of hydrogen-bond donors (Lipinski definition) is 0. The molecule has 0 radical (unpaired) electrons. The van der Waals surface area contributed by atoms with Gasteiger partial charge in [-0.05, 0) is 56.7 Å². The molecule has 4 nitrogen and oxygen atoms in total. The number of nitrogens with zero attached hydrogens (tertiary/aromatic N) is 3. The molecule has 0 aliphatic carbocycles. The van der Waals surface area contributed by atoms with Gasteiger partial charge in [0.1, 0.15) is 0 Å². The number of piperazine rings is 1. The third-order valence-electron chi connectivity index (χ3n) is 6.90. The third-order valence-corrected chi connectivity index (χ3v) is 6.90. The van der Waals surface area contributed by atoms with Crippen LogP contribution in [0.1, 0.15) is 44.1 Å². The summed E-state index contributed by atoms with van der Waals surface area (Å²) in [5.74, 6) is 0.743. The van der Waals surface area contributed by atoms with Crippen molar-refractivity contribution in [3.05, 3.63) is 35.9 Å². The predicted molar refractivity (Wildman–Crippen MR) is 116 cm³/mol. The van der Waals surface area contributed by atoms with E-state index in [1.54, 1.807) is 0 Å². The number of fused-ring (bicyclic) bond motifs is 1. The first-order chi connectivity index (χ1) is 13.9. The molecule has 156 valence electrons. The molecule has 1 aromatic carbocycles. The lowest BCUT2D eigenvalue weighted by atomic mass is 9.91. The van der Waals surface area contributed by atoms with Crippen LogP contribution in [0.4, 0.5) is 0 Å². The van der Waals surface area contributed by atoms with Crippen LogP contribution in [0.5, 0.6) is 0 Å². The van der Waals surface area contributed by atoms with E-state index in [1.807, 2.05) is 0 Å². The Morgan fingerprint density at radius 2 is 1.71 bits per heavy atom. The highest BCUT2D eigenvalue weighted by Gasteiger charge is 2.32. The van der Waals surface area contributed by atoms with Crippen molar-refractivity contribution in [3.63, 3.8) is 0 Å². The van der Waals surface area contributed by atoms with Crippen molar-refractivity contribution in [2.24, 2.45) is 5.92 Å². The Balaban J connectivity index is 1.10. The van der Waals surface area contributed by atoms with E-state index in [9.17, 15) is 0 Å². The fourth-order valence-corrected chi connectivity index (χ4v) is 5.27. The normalized spacial score (nSPS) is 27.6. The summed E-state index contributed by atoms with van der Waals surface area (Å²) < 4.78 is 6.08. The highest BCUT2D eigenvalue weighted by Crippen LogP contribution is 2.26. The molecule has 0 bridgehead atoms. The zero-order chi connectivity index (χ0) is 19.0. The Bertz CT molecular complexity index is 560. The quantitative estimate of drug-likeness (QED) is 0.638. The van der Waals surface area contributed by atoms with Crippen LogP contribution >= 0.6 is 0 Å². The van der Waals surface area contributed by atoms with Crippen LogP contribution in [0, 0.1) is 5.92 Å². The van der Waals surface area contributed by atoms with Crippen LogP contribution in [0.25, 0.3) is 0 Å². The standard InChI is InChI=1S/C24H39N3O/c1-3-8-22(9-4-1)18-26-15-16-27-19-23(10-11-24(27)20-26)21-28-17-7-14-25-12-5-2-6-13-25/h1,3-4,8-9,23-24H,2,5-7,10-21H2. The first-order valence-electron chi connectivity index (χ1n) is 11.7. The molecule has 3 heterocycles. The van der Waals surface area contributed by atoms with E-state index in [-0.39, 0.29) is 0 Å². The molecule has 4 heteroatoms. The first kappa shape index (κ1) is 20.3. The molecule has 2 unspecified atom stereocenters. The largest absolute Gasteiger partial charge is 0.381 e. The fraction of sp³-hybridized carbons (Fsp3) is 0.750. The van der Waals surface area contributed by atoms with Gasteiger partial charge in [-0.2, -0.15) is 0 Å². The predicted octanol–water partition coefficient (Wildman–Crippen LogP) is 3.48. The lowest BCUT2D eigenvalue weighted by Gasteiger charge is -2.46. The zero-order valence-electron chi connectivity index (χ0n) is 17.6. The first-order valence-corrected chi connectivity index (χ1v) is 11.7. The van der Waals surface area contributed by atoms with Gasteiger partial charge in [-0.25, -0.2) is 0 Å². The van der Waals surface area contributed by atoms with E-state index in [4.69, 9.17) is 4.74 Å². The molecule has 28 heavy (non-hydrogen) atoms. The molecular weight excluding hydrogens is 346 g/mol. The second-order valence-corrected chi connectivity index (χ2v) is 9.14. The van der Waals surface area contributed by atoms with Gasteiger partial charge in [0.2, 0.25) is 0 Å². The molecule has 0 N–H and O–H groups in total. The maximum atomic E-state index is 6.08. The van der Waals surface area contributed by atoms with Crippen LogP contribution in [0.3, 0.4) is 0 Å². The van der Waals surface area contributed by atoms with Gasteiger partial charge >= 0.3 is 0 Å². The van der Waals surface area contributed by atoms with Crippen molar-refractivity contribution >= 4 is 0 Å². The minimum Gasteiger partial charge on any atom is -0.381 e. The van der Waals surface area contributed by atoms with Gasteiger partial charge in [-0.3, -0.25) is 9.80 Å². The third kappa shape index (κ3) is 6.03. The van der Waals surface area contributed by atoms with Gasteiger partial charge < -0.3 is 9.64 Å². The maximum absolute atomic E-state index is 6.08. The topological polar surface area (TPSA) is 19.0 Å². The molecule has 0 spiro atoms. The van der Waals surface area contributed by atoms with Gasteiger partial charge in [-0.15, -0.1) is 0 Å². The molecule has 2 atom stereocenters. The van der Waals surface area contributed by atoms with Crippen LogP contribution in [0.2, 0.25) is 0 Å². The van der Waals surface area contributed by atoms with E-state index < -0.39 is 0 Å². The Morgan fingerprint density at radius 1 is 0.857 bits per heavy atom. The van der Waals surface area contributed by atoms with Crippen molar-refractivity contribution < 1.29 is 4.74 Å². The highest BCUT2D eigenvalue weighted by molar-refractivity contribution is 5.14. The van der Waals surface area contributed by atoms with Crippen molar-refractivity contribution in [2.75, 3.05) is 59.0 Å². The molecule has 3 aliphatic heterocycles. The molecule has 3 saturated heterocycles. The maximum Gasteiger partial charge on any atom is 0.0506 e. The summed E-state index contributed by atoms with van der Waals surface area (Å²) in [6, 6.07) is 11.7. The summed E-state index contributed by atoms with van der Waals surface area (Å²) in [7, 11) is 0. The van der Waals surface area contributed by atoms with Crippen LogP contribution in [0.15, 0.2) is 30.3 Å². The van der Waals surface area contributed by atoms with Crippen LogP contribution in [-0.4, -0.2) is 79.8 Å². The average molecular weight is 386 g/mol. The average Bonchev–Trinajstić information content (AvgIpc) is 2.75. The fourth-order valence-electron chi connectivity index (χ4n) is 5.27. The summed E-state index contributed by atoms with van der Waals surface area (Å²) in [5, 5.41) is 0. The number of likely N-dealkylation sites (tertiary alicyclic amines) is 1. The number of hydrogen-bond acceptors (Lipinski definition) is 4. The SMILES string of the molecule is c1ccc(CN2CCN3CC(COCCCN4CCCCC4)CCC3C2)cc1. The summed E-state index contributed by atoms with van der Waals surface area (Å²) in [5.41, 5.74) is 1.45. The highest BCUT2D eigenvalue weighted by atomic mass is 16.5. The molecule has 1 aromatic rings.